The molecule has 0 radical (unpaired) electrons. The van der Waals surface area contributed by atoms with E-state index in [1.54, 1.807) is 25.3 Å². The molecule has 2 aliphatic rings. The van der Waals surface area contributed by atoms with Gasteiger partial charge in [-0.3, -0.25) is 9.59 Å². The normalized spacial score (nSPS) is 20.2. The van der Waals surface area contributed by atoms with Crippen molar-refractivity contribution in [3.05, 3.63) is 29.8 Å². The maximum atomic E-state index is 12.0. The van der Waals surface area contributed by atoms with E-state index in [4.69, 9.17) is 0 Å². The van der Waals surface area contributed by atoms with E-state index in [0.717, 1.165) is 18.4 Å². The number of aliphatic imine (C=N–C) groups is 1. The number of piperazine rings is 1. The quantitative estimate of drug-likeness (QED) is 0.609. The van der Waals surface area contributed by atoms with Crippen molar-refractivity contribution in [1.29, 1.82) is 0 Å². The molecule has 1 aliphatic heterocycles. The minimum Gasteiger partial charge on any atom is -0.335 e. The molecule has 108 valence electrons. The summed E-state index contributed by atoms with van der Waals surface area (Å²) in [5, 5.41) is 0. The molecule has 0 bridgehead atoms. The fourth-order valence-electron chi connectivity index (χ4n) is 2.58. The van der Waals surface area contributed by atoms with Gasteiger partial charge in [0.1, 0.15) is 6.54 Å². The molecule has 6 heteroatoms. The summed E-state index contributed by atoms with van der Waals surface area (Å²) in [6.07, 6.45) is 3.31. The Kier molecular flexibility index (Phi) is 3.11. The van der Waals surface area contributed by atoms with Gasteiger partial charge in [0.05, 0.1) is 12.1 Å². The van der Waals surface area contributed by atoms with Crippen LogP contribution in [-0.4, -0.2) is 42.9 Å². The number of nitrogens with zero attached hydrogens (tertiary/aromatic N) is 3. The number of carbonyl (C=O) groups excluding carboxylic acids is 3. The van der Waals surface area contributed by atoms with Crippen LogP contribution in [0.2, 0.25) is 0 Å². The fourth-order valence-corrected chi connectivity index (χ4v) is 2.58. The van der Waals surface area contributed by atoms with Crippen LogP contribution >= 0.6 is 0 Å². The molecule has 1 saturated heterocycles. The van der Waals surface area contributed by atoms with Crippen molar-refractivity contribution in [2.75, 3.05) is 25.0 Å². The molecule has 6 nitrogen and oxygen atoms in total. The summed E-state index contributed by atoms with van der Waals surface area (Å²) >= 11 is 0. The molecule has 1 aromatic carbocycles. The molecular weight excluding hydrogens is 270 g/mol. The van der Waals surface area contributed by atoms with Gasteiger partial charge < -0.3 is 9.80 Å². The van der Waals surface area contributed by atoms with E-state index in [0.29, 0.717) is 5.69 Å². The number of likely N-dealkylation sites (N-methyl/N-ethyl adjacent to an activating group) is 1. The number of isocyanates is 1. The highest BCUT2D eigenvalue weighted by molar-refractivity contribution is 6.04. The summed E-state index contributed by atoms with van der Waals surface area (Å²) in [6, 6.07) is 7.32. The highest BCUT2D eigenvalue weighted by Crippen LogP contribution is 2.49. The first kappa shape index (κ1) is 13.5. The number of hydrogen-bond donors (Lipinski definition) is 0. The highest BCUT2D eigenvalue weighted by atomic mass is 16.2. The lowest BCUT2D eigenvalue weighted by atomic mass is 10.0. The Labute approximate surface area is 122 Å². The van der Waals surface area contributed by atoms with Crippen LogP contribution in [-0.2, 0) is 19.9 Å². The molecule has 0 N–H and O–H groups in total. The number of hydrogen-bond acceptors (Lipinski definition) is 4. The van der Waals surface area contributed by atoms with E-state index < -0.39 is 5.54 Å². The molecule has 3 rings (SSSR count). The van der Waals surface area contributed by atoms with Gasteiger partial charge in [-0.15, -0.1) is 0 Å². The third kappa shape index (κ3) is 2.34. The molecule has 1 aliphatic carbocycles. The highest BCUT2D eigenvalue weighted by Gasteiger charge is 2.44. The van der Waals surface area contributed by atoms with Crippen LogP contribution in [0.5, 0.6) is 0 Å². The van der Waals surface area contributed by atoms with Crippen molar-refractivity contribution in [1.82, 2.24) is 4.90 Å². The molecule has 21 heavy (non-hydrogen) atoms. The standard InChI is InChI=1S/C15H15N3O3/c1-17-8-14(21)18(9-13(17)20)12-4-2-11(3-5-12)15(6-7-15)16-10-19/h2-5H,6-9H2,1H3. The van der Waals surface area contributed by atoms with Gasteiger partial charge in [-0.1, -0.05) is 12.1 Å². The van der Waals surface area contributed by atoms with E-state index in [2.05, 4.69) is 4.99 Å². The lowest BCUT2D eigenvalue weighted by molar-refractivity contribution is -0.136. The van der Waals surface area contributed by atoms with Crippen molar-refractivity contribution >= 4 is 23.6 Å². The minimum atomic E-state index is -0.414. The van der Waals surface area contributed by atoms with Crippen molar-refractivity contribution in [2.24, 2.45) is 4.99 Å². The van der Waals surface area contributed by atoms with Gasteiger partial charge in [0.15, 0.2) is 0 Å². The summed E-state index contributed by atoms with van der Waals surface area (Å²) in [4.78, 5) is 41.0. The first-order chi connectivity index (χ1) is 10.1. The predicted octanol–water partition coefficient (Wildman–Crippen LogP) is 0.817. The maximum absolute atomic E-state index is 12.0. The molecular formula is C15H15N3O3. The Bertz CT molecular complexity index is 643. The van der Waals surface area contributed by atoms with E-state index in [-0.39, 0.29) is 24.9 Å². The summed E-state index contributed by atoms with van der Waals surface area (Å²) in [5.41, 5.74) is 1.22. The Balaban J connectivity index is 1.83. The number of rotatable bonds is 3. The largest absolute Gasteiger partial charge is 0.335 e. The third-order valence-corrected chi connectivity index (χ3v) is 4.09. The van der Waals surface area contributed by atoms with Gasteiger partial charge in [-0.05, 0) is 30.5 Å². The second-order valence-electron chi connectivity index (χ2n) is 5.51. The first-order valence-electron chi connectivity index (χ1n) is 6.80. The minimum absolute atomic E-state index is 0.0618. The molecule has 0 aromatic heterocycles. The van der Waals surface area contributed by atoms with Gasteiger partial charge in [-0.25, -0.2) is 4.79 Å². The van der Waals surface area contributed by atoms with E-state index in [1.165, 1.54) is 9.80 Å². The monoisotopic (exact) mass is 285 g/mol. The van der Waals surface area contributed by atoms with Crippen LogP contribution in [0.1, 0.15) is 18.4 Å². The van der Waals surface area contributed by atoms with Crippen LogP contribution in [0.4, 0.5) is 5.69 Å². The fraction of sp³-hybridized carbons (Fsp3) is 0.400. The second kappa shape index (κ2) is 4.82. The average molecular weight is 285 g/mol. The lowest BCUT2D eigenvalue weighted by Crippen LogP contribution is -2.52. The van der Waals surface area contributed by atoms with E-state index in [9.17, 15) is 14.4 Å². The van der Waals surface area contributed by atoms with Gasteiger partial charge in [-0.2, -0.15) is 4.99 Å². The van der Waals surface area contributed by atoms with E-state index in [1.807, 2.05) is 12.1 Å². The van der Waals surface area contributed by atoms with Crippen LogP contribution in [0, 0.1) is 0 Å². The Morgan fingerprint density at radius 3 is 2.33 bits per heavy atom. The van der Waals surface area contributed by atoms with Crippen LogP contribution < -0.4 is 4.90 Å². The first-order valence-corrected chi connectivity index (χ1v) is 6.80. The third-order valence-electron chi connectivity index (χ3n) is 4.09. The number of amides is 2. The summed E-state index contributed by atoms with van der Waals surface area (Å²) < 4.78 is 0. The van der Waals surface area contributed by atoms with Crippen LogP contribution in [0.3, 0.4) is 0 Å². The Morgan fingerprint density at radius 2 is 1.76 bits per heavy atom. The molecule has 2 amide bonds. The summed E-state index contributed by atoms with van der Waals surface area (Å²) in [7, 11) is 1.62. The Hall–Kier alpha value is -2.46. The zero-order valence-electron chi connectivity index (χ0n) is 11.7. The summed E-state index contributed by atoms with van der Waals surface area (Å²) in [6.45, 7) is 0.159. The average Bonchev–Trinajstić information content (AvgIpc) is 3.24. The van der Waals surface area contributed by atoms with Crippen molar-refractivity contribution in [2.45, 2.75) is 18.4 Å². The Morgan fingerprint density at radius 1 is 1.10 bits per heavy atom. The van der Waals surface area contributed by atoms with Gasteiger partial charge in [0.2, 0.25) is 17.9 Å². The molecule has 0 atom stereocenters. The molecule has 2 fully saturated rings. The van der Waals surface area contributed by atoms with Gasteiger partial charge >= 0.3 is 0 Å². The number of carbonyl (C=O) groups is 2. The van der Waals surface area contributed by atoms with Crippen LogP contribution in [0.25, 0.3) is 0 Å². The van der Waals surface area contributed by atoms with Gasteiger partial charge in [0.25, 0.3) is 0 Å². The number of anilines is 1. The maximum Gasteiger partial charge on any atom is 0.247 e. The predicted molar refractivity (Wildman–Crippen MR) is 75.5 cm³/mol. The molecule has 1 heterocycles. The molecule has 1 aromatic rings. The zero-order valence-corrected chi connectivity index (χ0v) is 11.7. The van der Waals surface area contributed by atoms with Crippen molar-refractivity contribution in [3.8, 4) is 0 Å². The lowest BCUT2D eigenvalue weighted by Gasteiger charge is -2.31. The SMILES string of the molecule is CN1CC(=O)N(c2ccc(C3(N=C=O)CC3)cc2)CC1=O. The second-order valence-corrected chi connectivity index (χ2v) is 5.51. The molecule has 0 spiro atoms. The molecule has 1 saturated carbocycles. The topological polar surface area (TPSA) is 70.1 Å². The van der Waals surface area contributed by atoms with Crippen LogP contribution in [0.15, 0.2) is 29.3 Å². The van der Waals surface area contributed by atoms with Crippen molar-refractivity contribution < 1.29 is 14.4 Å². The zero-order chi connectivity index (χ0) is 15.0. The smallest absolute Gasteiger partial charge is 0.247 e. The van der Waals surface area contributed by atoms with E-state index >= 15 is 0 Å². The molecule has 0 unspecified atom stereocenters. The number of benzene rings is 1. The summed E-state index contributed by atoms with van der Waals surface area (Å²) in [5.74, 6) is -0.181. The van der Waals surface area contributed by atoms with Gasteiger partial charge in [0, 0.05) is 12.7 Å². The van der Waals surface area contributed by atoms with Crippen molar-refractivity contribution in [3.63, 3.8) is 0 Å².